The number of rotatable bonds is 4. The van der Waals surface area contributed by atoms with Gasteiger partial charge in [-0.2, -0.15) is 5.10 Å². The molecule has 2 N–H and O–H groups in total. The van der Waals surface area contributed by atoms with Gasteiger partial charge in [-0.1, -0.05) is 6.07 Å². The van der Waals surface area contributed by atoms with Gasteiger partial charge in [0.2, 0.25) is 0 Å². The zero-order valence-corrected chi connectivity index (χ0v) is 16.8. The van der Waals surface area contributed by atoms with Crippen molar-refractivity contribution in [3.8, 4) is 11.3 Å². The molecule has 0 spiro atoms. The van der Waals surface area contributed by atoms with Crippen molar-refractivity contribution < 1.29 is 4.74 Å². The summed E-state index contributed by atoms with van der Waals surface area (Å²) in [7, 11) is 0. The Kier molecular flexibility index (Phi) is 4.28. The Morgan fingerprint density at radius 3 is 2.65 bits per heavy atom. The number of anilines is 3. The first-order valence-corrected chi connectivity index (χ1v) is 10.3. The lowest BCUT2D eigenvalue weighted by Crippen LogP contribution is -2.36. The van der Waals surface area contributed by atoms with E-state index in [9.17, 15) is 0 Å². The minimum Gasteiger partial charge on any atom is -0.378 e. The molecule has 0 aliphatic carbocycles. The van der Waals surface area contributed by atoms with Gasteiger partial charge in [-0.05, 0) is 42.5 Å². The lowest BCUT2D eigenvalue weighted by Gasteiger charge is -2.28. The van der Waals surface area contributed by atoms with Crippen LogP contribution in [0, 0.1) is 0 Å². The standard InChI is InChI=1S/C23H21N7O/c1-6-21-20(15-16(1)19-7-8-25-28-19)27-22(23-24-9-10-30(21)23)26-17-2-4-18(5-3-17)29-11-13-31-14-12-29/h1-10,15H,11-14H2,(H,25,28)(H,26,27). The molecule has 4 heterocycles. The first-order valence-electron chi connectivity index (χ1n) is 10.3. The molecule has 154 valence electrons. The van der Waals surface area contributed by atoms with E-state index < -0.39 is 0 Å². The number of benzene rings is 2. The van der Waals surface area contributed by atoms with E-state index in [0.717, 1.165) is 65.7 Å². The topological polar surface area (TPSA) is 83.4 Å². The van der Waals surface area contributed by atoms with E-state index in [-0.39, 0.29) is 0 Å². The summed E-state index contributed by atoms with van der Waals surface area (Å²) in [5.41, 5.74) is 6.85. The SMILES string of the molecule is c1cc(-c2ccc3c(c2)nc(Nc2ccc(N4CCOCC4)cc2)c2nccn23)[nH]n1. The number of hydrogen-bond acceptors (Lipinski definition) is 6. The van der Waals surface area contributed by atoms with E-state index >= 15 is 0 Å². The van der Waals surface area contributed by atoms with Crippen molar-refractivity contribution >= 4 is 33.9 Å². The Hall–Kier alpha value is -3.91. The maximum absolute atomic E-state index is 5.45. The molecular formula is C23H21N7O. The molecule has 1 aliphatic heterocycles. The van der Waals surface area contributed by atoms with Crippen LogP contribution in [0.1, 0.15) is 0 Å². The summed E-state index contributed by atoms with van der Waals surface area (Å²) in [5.74, 6) is 0.721. The van der Waals surface area contributed by atoms with Gasteiger partial charge in [0, 0.05) is 48.6 Å². The summed E-state index contributed by atoms with van der Waals surface area (Å²) in [6, 6.07) is 16.6. The van der Waals surface area contributed by atoms with E-state index in [4.69, 9.17) is 9.72 Å². The highest BCUT2D eigenvalue weighted by atomic mass is 16.5. The van der Waals surface area contributed by atoms with E-state index in [0.29, 0.717) is 0 Å². The van der Waals surface area contributed by atoms with Crippen LogP contribution in [0.25, 0.3) is 27.9 Å². The maximum Gasteiger partial charge on any atom is 0.180 e. The van der Waals surface area contributed by atoms with Crippen LogP contribution in [0.5, 0.6) is 0 Å². The molecule has 2 aromatic carbocycles. The molecule has 3 aromatic heterocycles. The van der Waals surface area contributed by atoms with Crippen molar-refractivity contribution in [2.24, 2.45) is 0 Å². The van der Waals surface area contributed by atoms with Gasteiger partial charge in [-0.25, -0.2) is 9.97 Å². The molecule has 8 nitrogen and oxygen atoms in total. The predicted octanol–water partition coefficient (Wildman–Crippen LogP) is 3.85. The third kappa shape index (κ3) is 3.27. The fraction of sp³-hybridized carbons (Fsp3) is 0.174. The fourth-order valence-electron chi connectivity index (χ4n) is 4.04. The van der Waals surface area contributed by atoms with Crippen LogP contribution in [-0.2, 0) is 4.74 Å². The number of aromatic nitrogens is 5. The third-order valence-electron chi connectivity index (χ3n) is 5.64. The lowest BCUT2D eigenvalue weighted by molar-refractivity contribution is 0.122. The van der Waals surface area contributed by atoms with E-state index in [1.165, 1.54) is 5.69 Å². The monoisotopic (exact) mass is 411 g/mol. The molecule has 0 saturated carbocycles. The van der Waals surface area contributed by atoms with Gasteiger partial charge in [0.1, 0.15) is 0 Å². The minimum absolute atomic E-state index is 0.721. The fourth-order valence-corrected chi connectivity index (χ4v) is 4.04. The highest BCUT2D eigenvalue weighted by molar-refractivity contribution is 5.87. The zero-order valence-electron chi connectivity index (χ0n) is 16.8. The summed E-state index contributed by atoms with van der Waals surface area (Å²) in [6.07, 6.45) is 5.51. The van der Waals surface area contributed by atoms with E-state index in [1.807, 2.05) is 12.3 Å². The first-order chi connectivity index (χ1) is 15.3. The molecule has 0 atom stereocenters. The quantitative estimate of drug-likeness (QED) is 0.467. The van der Waals surface area contributed by atoms with Crippen molar-refractivity contribution in [1.82, 2.24) is 24.6 Å². The number of morpholine rings is 1. The van der Waals surface area contributed by atoms with Gasteiger partial charge in [0.25, 0.3) is 0 Å². The van der Waals surface area contributed by atoms with E-state index in [1.54, 1.807) is 12.4 Å². The lowest BCUT2D eigenvalue weighted by atomic mass is 10.1. The molecule has 0 unspecified atom stereocenters. The molecule has 8 heteroatoms. The summed E-state index contributed by atoms with van der Waals surface area (Å²) < 4.78 is 7.51. The van der Waals surface area contributed by atoms with Crippen LogP contribution in [0.4, 0.5) is 17.2 Å². The second-order valence-corrected chi connectivity index (χ2v) is 7.53. The van der Waals surface area contributed by atoms with Gasteiger partial charge in [0.15, 0.2) is 11.5 Å². The number of nitrogens with one attached hydrogen (secondary N) is 2. The maximum atomic E-state index is 5.45. The van der Waals surface area contributed by atoms with Gasteiger partial charge in [0.05, 0.1) is 29.9 Å². The molecule has 1 aliphatic rings. The average Bonchev–Trinajstić information content (AvgIpc) is 3.53. The molecule has 0 amide bonds. The van der Waals surface area contributed by atoms with Gasteiger partial charge >= 0.3 is 0 Å². The smallest absolute Gasteiger partial charge is 0.180 e. The molecule has 5 aromatic rings. The van der Waals surface area contributed by atoms with Gasteiger partial charge in [-0.15, -0.1) is 0 Å². The van der Waals surface area contributed by atoms with Gasteiger partial charge < -0.3 is 15.0 Å². The van der Waals surface area contributed by atoms with Crippen LogP contribution < -0.4 is 10.2 Å². The second kappa shape index (κ2) is 7.41. The molecule has 0 radical (unpaired) electrons. The Morgan fingerprint density at radius 1 is 0.968 bits per heavy atom. The molecule has 0 bridgehead atoms. The minimum atomic E-state index is 0.721. The summed E-state index contributed by atoms with van der Waals surface area (Å²) in [5, 5.41) is 10.5. The van der Waals surface area contributed by atoms with Crippen LogP contribution >= 0.6 is 0 Å². The number of fused-ring (bicyclic) bond motifs is 3. The largest absolute Gasteiger partial charge is 0.378 e. The van der Waals surface area contributed by atoms with E-state index in [2.05, 4.69) is 72.3 Å². The van der Waals surface area contributed by atoms with Crippen molar-refractivity contribution in [3.63, 3.8) is 0 Å². The molecular weight excluding hydrogens is 390 g/mol. The Morgan fingerprint density at radius 2 is 1.84 bits per heavy atom. The second-order valence-electron chi connectivity index (χ2n) is 7.53. The number of ether oxygens (including phenoxy) is 1. The van der Waals surface area contributed by atoms with Crippen LogP contribution in [0.3, 0.4) is 0 Å². The van der Waals surface area contributed by atoms with Gasteiger partial charge in [-0.3, -0.25) is 9.50 Å². The van der Waals surface area contributed by atoms with Crippen molar-refractivity contribution in [2.75, 3.05) is 36.5 Å². The first kappa shape index (κ1) is 17.9. The van der Waals surface area contributed by atoms with Crippen LogP contribution in [0.15, 0.2) is 67.1 Å². The summed E-state index contributed by atoms with van der Waals surface area (Å²) in [6.45, 7) is 3.40. The number of nitrogens with zero attached hydrogens (tertiary/aromatic N) is 5. The number of H-pyrrole nitrogens is 1. The average molecular weight is 411 g/mol. The van der Waals surface area contributed by atoms with Crippen LogP contribution in [0.2, 0.25) is 0 Å². The molecule has 6 rings (SSSR count). The highest BCUT2D eigenvalue weighted by Gasteiger charge is 2.13. The summed E-state index contributed by atoms with van der Waals surface area (Å²) in [4.78, 5) is 11.8. The predicted molar refractivity (Wildman–Crippen MR) is 121 cm³/mol. The van der Waals surface area contributed by atoms with Crippen molar-refractivity contribution in [1.29, 1.82) is 0 Å². The highest BCUT2D eigenvalue weighted by Crippen LogP contribution is 2.28. The number of hydrogen-bond donors (Lipinski definition) is 2. The number of imidazole rings is 1. The Bertz CT molecular complexity index is 1340. The Balaban J connectivity index is 1.36. The number of aromatic amines is 1. The molecule has 1 fully saturated rings. The summed E-state index contributed by atoms with van der Waals surface area (Å²) >= 11 is 0. The third-order valence-corrected chi connectivity index (χ3v) is 5.64. The zero-order chi connectivity index (χ0) is 20.6. The van der Waals surface area contributed by atoms with Crippen molar-refractivity contribution in [2.45, 2.75) is 0 Å². The van der Waals surface area contributed by atoms with Crippen molar-refractivity contribution in [3.05, 3.63) is 67.1 Å². The normalized spacial score (nSPS) is 14.4. The Labute approximate surface area is 178 Å². The molecule has 1 saturated heterocycles. The molecule has 31 heavy (non-hydrogen) atoms. The van der Waals surface area contributed by atoms with Crippen LogP contribution in [-0.4, -0.2) is 50.9 Å².